The van der Waals surface area contributed by atoms with Crippen LogP contribution in [0.2, 0.25) is 0 Å². The molecule has 0 atom stereocenters. The number of benzene rings is 2. The number of hydrogen-bond acceptors (Lipinski definition) is 4. The number of ether oxygens (including phenoxy) is 2. The third kappa shape index (κ3) is 11.7. The quantitative estimate of drug-likeness (QED) is 0.110. The summed E-state index contributed by atoms with van der Waals surface area (Å²) in [6.45, 7) is 5.79. The average Bonchev–Trinajstić information content (AvgIpc) is 3.36. The molecule has 0 saturated carbocycles. The number of carbonyl (C=O) groups is 1. The molecule has 6 heteroatoms. The van der Waals surface area contributed by atoms with Crippen LogP contribution in [0.1, 0.15) is 100.0 Å². The molecule has 1 aromatic heterocycles. The summed E-state index contributed by atoms with van der Waals surface area (Å²) < 4.78 is 13.9. The number of unbranched alkanes of at least 4 members (excludes halogenated alkanes) is 11. The van der Waals surface area contributed by atoms with Crippen LogP contribution in [0.4, 0.5) is 5.69 Å². The molecule has 5 nitrogen and oxygen atoms in total. The minimum Gasteiger partial charge on any atom is -0.493 e. The molecule has 0 saturated heterocycles. The summed E-state index contributed by atoms with van der Waals surface area (Å²) in [6, 6.07) is 13.8. The van der Waals surface area contributed by atoms with Gasteiger partial charge in [-0.25, -0.2) is 0 Å². The van der Waals surface area contributed by atoms with Crippen LogP contribution in [0, 0.1) is 6.92 Å². The molecular weight excluding hydrogens is 516 g/mol. The number of nitrogens with one attached hydrogen (secondary N) is 1. The number of anilines is 1. The van der Waals surface area contributed by atoms with Crippen LogP contribution >= 0.6 is 11.3 Å². The molecule has 0 radical (unpaired) electrons. The zero-order valence-corrected chi connectivity index (χ0v) is 25.7. The Morgan fingerprint density at radius 1 is 0.900 bits per heavy atom. The Hall–Kier alpha value is -2.86. The summed E-state index contributed by atoms with van der Waals surface area (Å²) in [6.07, 6.45) is 18.1. The first-order valence-corrected chi connectivity index (χ1v) is 16.1. The van der Waals surface area contributed by atoms with E-state index in [2.05, 4.69) is 41.5 Å². The summed E-state index contributed by atoms with van der Waals surface area (Å²) in [7, 11) is 1.65. The molecule has 218 valence electrons. The molecule has 0 spiro atoms. The minimum absolute atomic E-state index is 0.0698. The van der Waals surface area contributed by atoms with Crippen LogP contribution in [-0.2, 0) is 17.8 Å². The summed E-state index contributed by atoms with van der Waals surface area (Å²) in [4.78, 5) is 14.3. The lowest BCUT2D eigenvalue weighted by Crippen LogP contribution is -2.30. The van der Waals surface area contributed by atoms with Gasteiger partial charge in [0, 0.05) is 16.8 Å². The van der Waals surface area contributed by atoms with Crippen LogP contribution in [0.15, 0.2) is 54.2 Å². The van der Waals surface area contributed by atoms with Crippen molar-refractivity contribution in [3.05, 3.63) is 70.2 Å². The van der Waals surface area contributed by atoms with Crippen molar-refractivity contribution in [2.24, 2.45) is 0 Å². The molecule has 1 amide bonds. The van der Waals surface area contributed by atoms with E-state index in [1.807, 2.05) is 36.4 Å². The van der Waals surface area contributed by atoms with Gasteiger partial charge in [-0.3, -0.25) is 4.79 Å². The van der Waals surface area contributed by atoms with Crippen molar-refractivity contribution >= 4 is 22.9 Å². The molecule has 3 aromatic rings. The SMILES string of the molecule is CCCCCCCCCCCCCCOc1c(CC(=O)Nc2cccc(C[n+]3csc(C)c3)c2)cccc1OC. The van der Waals surface area contributed by atoms with Crippen LogP contribution in [0.5, 0.6) is 11.5 Å². The number of thiazole rings is 1. The molecule has 2 aromatic carbocycles. The van der Waals surface area contributed by atoms with Gasteiger partial charge in [-0.1, -0.05) is 113 Å². The molecule has 3 rings (SSSR count). The van der Waals surface area contributed by atoms with E-state index in [9.17, 15) is 4.79 Å². The monoisotopic (exact) mass is 565 g/mol. The summed E-state index contributed by atoms with van der Waals surface area (Å²) in [5.41, 5.74) is 4.91. The zero-order valence-electron chi connectivity index (χ0n) is 24.9. The number of nitrogens with zero attached hydrogens (tertiary/aromatic N) is 1. The van der Waals surface area contributed by atoms with Gasteiger partial charge in [-0.05, 0) is 31.5 Å². The van der Waals surface area contributed by atoms with Gasteiger partial charge in [0.25, 0.3) is 0 Å². The maximum absolute atomic E-state index is 13.0. The van der Waals surface area contributed by atoms with Gasteiger partial charge in [-0.2, -0.15) is 4.57 Å². The van der Waals surface area contributed by atoms with Crippen molar-refractivity contribution < 1.29 is 18.8 Å². The van der Waals surface area contributed by atoms with Crippen molar-refractivity contribution in [2.75, 3.05) is 19.0 Å². The topological polar surface area (TPSA) is 51.4 Å². The highest BCUT2D eigenvalue weighted by Crippen LogP contribution is 2.32. The van der Waals surface area contributed by atoms with Crippen LogP contribution in [-0.4, -0.2) is 19.6 Å². The molecule has 0 aliphatic heterocycles. The lowest BCUT2D eigenvalue weighted by Gasteiger charge is -2.15. The minimum atomic E-state index is -0.0698. The second-order valence-electron chi connectivity index (χ2n) is 10.7. The van der Waals surface area contributed by atoms with Crippen molar-refractivity contribution in [1.29, 1.82) is 0 Å². The number of rotatable bonds is 20. The normalized spacial score (nSPS) is 11.0. The summed E-state index contributed by atoms with van der Waals surface area (Å²) in [5.74, 6) is 1.29. The predicted molar refractivity (Wildman–Crippen MR) is 167 cm³/mol. The molecule has 40 heavy (non-hydrogen) atoms. The van der Waals surface area contributed by atoms with Gasteiger partial charge in [0.2, 0.25) is 11.4 Å². The largest absolute Gasteiger partial charge is 0.493 e. The fraction of sp³-hybridized carbons (Fsp3) is 0.529. The third-order valence-electron chi connectivity index (χ3n) is 7.17. The Kier molecular flexibility index (Phi) is 14.6. The van der Waals surface area contributed by atoms with E-state index in [4.69, 9.17) is 9.47 Å². The summed E-state index contributed by atoms with van der Waals surface area (Å²) >= 11 is 1.73. The number of methoxy groups -OCH3 is 1. The van der Waals surface area contributed by atoms with Crippen LogP contribution < -0.4 is 19.4 Å². The number of carbonyl (C=O) groups excluding carboxylic acids is 1. The highest BCUT2D eigenvalue weighted by Gasteiger charge is 2.15. The predicted octanol–water partition coefficient (Wildman–Crippen LogP) is 8.66. The van der Waals surface area contributed by atoms with E-state index in [1.54, 1.807) is 18.4 Å². The smallest absolute Gasteiger partial charge is 0.228 e. The zero-order chi connectivity index (χ0) is 28.4. The van der Waals surface area contributed by atoms with Crippen LogP contribution in [0.25, 0.3) is 0 Å². The van der Waals surface area contributed by atoms with Crippen molar-refractivity contribution in [2.45, 2.75) is 104 Å². The van der Waals surface area contributed by atoms with E-state index in [0.717, 1.165) is 29.8 Å². The Morgan fingerprint density at radius 3 is 2.23 bits per heavy atom. The van der Waals surface area contributed by atoms with E-state index in [0.29, 0.717) is 18.1 Å². The van der Waals surface area contributed by atoms with Gasteiger partial charge < -0.3 is 14.8 Å². The Morgan fingerprint density at radius 2 is 1.57 bits per heavy atom. The lowest BCUT2D eigenvalue weighted by molar-refractivity contribution is -0.683. The first kappa shape index (κ1) is 31.7. The molecular formula is C34H49N2O3S+. The van der Waals surface area contributed by atoms with Gasteiger partial charge in [-0.15, -0.1) is 0 Å². The molecule has 1 N–H and O–H groups in total. The second kappa shape index (κ2) is 18.5. The number of aromatic nitrogens is 1. The molecule has 1 heterocycles. The Bertz CT molecular complexity index is 1140. The first-order valence-electron chi connectivity index (χ1n) is 15.2. The van der Waals surface area contributed by atoms with E-state index in [1.165, 1.54) is 75.5 Å². The number of amides is 1. The third-order valence-corrected chi connectivity index (χ3v) is 8.03. The van der Waals surface area contributed by atoms with Crippen molar-refractivity contribution in [1.82, 2.24) is 0 Å². The Balaban J connectivity index is 1.41. The van der Waals surface area contributed by atoms with E-state index in [-0.39, 0.29) is 12.3 Å². The highest BCUT2D eigenvalue weighted by molar-refractivity contribution is 7.09. The standard InChI is InChI=1S/C34H48N2O3S/c1-4-5-6-7-8-9-10-11-12-13-14-15-22-39-34-30(19-17-21-32(34)38-3)24-33(37)35-31-20-16-18-29(23-31)26-36-25-28(2)40-27-36/h16-21,23,25,27H,4-15,22,24,26H2,1-3H3/p+1. The number of para-hydroxylation sites is 1. The molecule has 0 aliphatic carbocycles. The van der Waals surface area contributed by atoms with E-state index >= 15 is 0 Å². The van der Waals surface area contributed by atoms with Crippen molar-refractivity contribution in [3.63, 3.8) is 0 Å². The van der Waals surface area contributed by atoms with Gasteiger partial charge in [0.1, 0.15) is 0 Å². The second-order valence-corrected chi connectivity index (χ2v) is 11.8. The maximum Gasteiger partial charge on any atom is 0.228 e. The molecule has 0 unspecified atom stereocenters. The average molecular weight is 566 g/mol. The molecule has 0 fully saturated rings. The highest BCUT2D eigenvalue weighted by atomic mass is 32.1. The maximum atomic E-state index is 13.0. The Labute approximate surface area is 245 Å². The van der Waals surface area contributed by atoms with Crippen molar-refractivity contribution in [3.8, 4) is 11.5 Å². The molecule has 0 bridgehead atoms. The fourth-order valence-corrected chi connectivity index (χ4v) is 5.64. The fourth-order valence-electron chi connectivity index (χ4n) is 5.01. The van der Waals surface area contributed by atoms with Gasteiger partial charge in [0.15, 0.2) is 24.2 Å². The number of hydrogen-bond donors (Lipinski definition) is 1. The van der Waals surface area contributed by atoms with Gasteiger partial charge >= 0.3 is 0 Å². The summed E-state index contributed by atoms with van der Waals surface area (Å²) in [5, 5.41) is 3.06. The first-order chi connectivity index (χ1) is 19.6. The van der Waals surface area contributed by atoms with E-state index < -0.39 is 0 Å². The van der Waals surface area contributed by atoms with Gasteiger partial charge in [0.05, 0.1) is 25.0 Å². The number of aryl methyl sites for hydroxylation is 1. The lowest BCUT2D eigenvalue weighted by atomic mass is 10.1. The molecule has 0 aliphatic rings. The van der Waals surface area contributed by atoms with Crippen LogP contribution in [0.3, 0.4) is 0 Å².